The van der Waals surface area contributed by atoms with Crippen LogP contribution in [0, 0.1) is 11.8 Å². The second-order valence-electron chi connectivity index (χ2n) is 8.00. The molecule has 204 valence electrons. The number of ether oxygens (including phenoxy) is 1. The number of nitrogens with one attached hydrogen (secondary N) is 1. The molecule has 10 nitrogen and oxygen atoms in total. The monoisotopic (exact) mass is 532 g/mol. The van der Waals surface area contributed by atoms with Gasteiger partial charge in [-0.05, 0) is 12.1 Å². The third-order valence-electron chi connectivity index (χ3n) is 5.03. The number of carboxylic acids is 2. The fraction of sp³-hybridized carbons (Fsp3) is 0.600. The van der Waals surface area contributed by atoms with Crippen molar-refractivity contribution in [2.75, 3.05) is 40.3 Å². The Kier molecular flexibility index (Phi) is 11.4. The number of urea groups is 1. The zero-order valence-corrected chi connectivity index (χ0v) is 19.2. The maximum absolute atomic E-state index is 11.7. The number of aliphatic carboxylic acids is 2. The number of fused-ring (bicyclic) bond motifs is 1. The van der Waals surface area contributed by atoms with Crippen molar-refractivity contribution in [3.63, 3.8) is 0 Å². The van der Waals surface area contributed by atoms with E-state index in [1.165, 1.54) is 0 Å². The lowest BCUT2D eigenvalue weighted by molar-refractivity contribution is -0.193. The standard InChI is InChI=1S/C16H24N4O2.2C2HF3O2/c1-19(2)16(21)18-7-12-11-22-15-10-20(9-14(12)15)8-13-5-3-4-6-17-13;2*3-2(4,5)1(6)7/h3-6,12,14-15H,7-11H2,1-2H3,(H,18,21);2*(H,6,7)/t12-,14-,15-;;/m1../s1. The number of aromatic nitrogens is 1. The molecule has 2 aliphatic heterocycles. The summed E-state index contributed by atoms with van der Waals surface area (Å²) in [5.41, 5.74) is 1.10. The van der Waals surface area contributed by atoms with Crippen molar-refractivity contribution in [1.82, 2.24) is 20.1 Å². The number of rotatable bonds is 4. The third kappa shape index (κ3) is 10.6. The van der Waals surface area contributed by atoms with Gasteiger partial charge >= 0.3 is 30.3 Å². The number of hydrogen-bond acceptors (Lipinski definition) is 6. The number of pyridine rings is 1. The summed E-state index contributed by atoms with van der Waals surface area (Å²) >= 11 is 0. The Labute approximate surface area is 201 Å². The molecule has 3 heterocycles. The van der Waals surface area contributed by atoms with Crippen LogP contribution in [-0.4, -0.2) is 102 Å². The van der Waals surface area contributed by atoms with Crippen LogP contribution in [0.5, 0.6) is 0 Å². The van der Waals surface area contributed by atoms with Crippen molar-refractivity contribution < 1.29 is 55.7 Å². The van der Waals surface area contributed by atoms with Crippen LogP contribution >= 0.6 is 0 Å². The van der Waals surface area contributed by atoms with Crippen LogP contribution in [0.4, 0.5) is 31.1 Å². The highest BCUT2D eigenvalue weighted by Crippen LogP contribution is 2.33. The molecule has 2 saturated heterocycles. The van der Waals surface area contributed by atoms with Gasteiger partial charge in [0.15, 0.2) is 0 Å². The van der Waals surface area contributed by atoms with Gasteiger partial charge in [0.1, 0.15) is 0 Å². The molecule has 3 rings (SSSR count). The summed E-state index contributed by atoms with van der Waals surface area (Å²) in [5.74, 6) is -4.60. The highest BCUT2D eigenvalue weighted by molar-refractivity contribution is 5.73. The topological polar surface area (TPSA) is 132 Å². The lowest BCUT2D eigenvalue weighted by Gasteiger charge is -2.20. The van der Waals surface area contributed by atoms with Crippen molar-refractivity contribution in [2.45, 2.75) is 25.0 Å². The highest BCUT2D eigenvalue weighted by atomic mass is 19.4. The van der Waals surface area contributed by atoms with Crippen molar-refractivity contribution in [3.8, 4) is 0 Å². The van der Waals surface area contributed by atoms with Crippen molar-refractivity contribution in [1.29, 1.82) is 0 Å². The maximum atomic E-state index is 11.7. The smallest absolute Gasteiger partial charge is 0.475 e. The second kappa shape index (κ2) is 13.2. The number of hydrogen-bond donors (Lipinski definition) is 3. The second-order valence-corrected chi connectivity index (χ2v) is 8.00. The van der Waals surface area contributed by atoms with E-state index in [1.54, 1.807) is 19.0 Å². The molecule has 0 aromatic carbocycles. The first-order valence-corrected chi connectivity index (χ1v) is 10.3. The van der Waals surface area contributed by atoms with E-state index in [9.17, 15) is 31.1 Å². The zero-order valence-electron chi connectivity index (χ0n) is 19.2. The van der Waals surface area contributed by atoms with E-state index in [-0.39, 0.29) is 6.03 Å². The van der Waals surface area contributed by atoms with Crippen LogP contribution in [0.1, 0.15) is 5.69 Å². The van der Waals surface area contributed by atoms with Gasteiger partial charge in [-0.3, -0.25) is 9.88 Å². The van der Waals surface area contributed by atoms with Crippen LogP contribution < -0.4 is 5.32 Å². The lowest BCUT2D eigenvalue weighted by atomic mass is 9.93. The molecular formula is C20H26F6N4O6. The van der Waals surface area contributed by atoms with Gasteiger partial charge in [-0.1, -0.05) is 6.07 Å². The normalized spacial score (nSPS) is 21.3. The summed E-state index contributed by atoms with van der Waals surface area (Å²) < 4.78 is 69.4. The Morgan fingerprint density at radius 2 is 1.64 bits per heavy atom. The number of nitrogens with zero attached hydrogens (tertiary/aromatic N) is 3. The van der Waals surface area contributed by atoms with Crippen LogP contribution in [-0.2, 0) is 20.9 Å². The first-order valence-electron chi connectivity index (χ1n) is 10.3. The highest BCUT2D eigenvalue weighted by Gasteiger charge is 2.43. The molecular weight excluding hydrogens is 506 g/mol. The molecule has 2 aliphatic rings. The average Bonchev–Trinajstić information content (AvgIpc) is 3.32. The maximum Gasteiger partial charge on any atom is 0.490 e. The molecule has 0 radical (unpaired) electrons. The average molecular weight is 532 g/mol. The molecule has 3 N–H and O–H groups in total. The lowest BCUT2D eigenvalue weighted by Crippen LogP contribution is -2.39. The number of likely N-dealkylation sites (tertiary alicyclic amines) is 1. The fourth-order valence-corrected chi connectivity index (χ4v) is 3.32. The summed E-state index contributed by atoms with van der Waals surface area (Å²) in [6.07, 6.45) is -8.03. The van der Waals surface area contributed by atoms with Crippen molar-refractivity contribution in [3.05, 3.63) is 30.1 Å². The molecule has 16 heteroatoms. The van der Waals surface area contributed by atoms with Crippen LogP contribution in [0.3, 0.4) is 0 Å². The van der Waals surface area contributed by atoms with E-state index in [1.807, 2.05) is 18.3 Å². The number of carbonyl (C=O) groups is 3. The van der Waals surface area contributed by atoms with E-state index in [4.69, 9.17) is 24.5 Å². The van der Waals surface area contributed by atoms with Gasteiger partial charge in [-0.2, -0.15) is 26.3 Å². The Bertz CT molecular complexity index is 844. The van der Waals surface area contributed by atoms with Gasteiger partial charge in [-0.25, -0.2) is 14.4 Å². The van der Waals surface area contributed by atoms with Gasteiger partial charge in [0.25, 0.3) is 0 Å². The molecule has 0 aliphatic carbocycles. The first-order chi connectivity index (χ1) is 16.5. The number of carbonyl (C=O) groups excluding carboxylic acids is 1. The Morgan fingerprint density at radius 1 is 1.08 bits per heavy atom. The number of amides is 2. The summed E-state index contributed by atoms with van der Waals surface area (Å²) in [4.78, 5) is 37.8. The van der Waals surface area contributed by atoms with E-state index < -0.39 is 24.3 Å². The number of halogens is 6. The predicted octanol–water partition coefficient (Wildman–Crippen LogP) is 2.07. The van der Waals surface area contributed by atoms with Crippen LogP contribution in [0.2, 0.25) is 0 Å². The quantitative estimate of drug-likeness (QED) is 0.503. The largest absolute Gasteiger partial charge is 0.490 e. The SMILES string of the molecule is CN(C)C(=O)NC[C@@H]1CO[C@@H]2CN(Cc3ccccn3)C[C@H]12.O=C(O)C(F)(F)F.O=C(O)C(F)(F)F. The Balaban J connectivity index is 0.000000383. The van der Waals surface area contributed by atoms with Gasteiger partial charge < -0.3 is 25.2 Å². The molecule has 0 spiro atoms. The first kappa shape index (κ1) is 30.9. The van der Waals surface area contributed by atoms with Gasteiger partial charge in [-0.15, -0.1) is 0 Å². The Hall–Kier alpha value is -3.14. The summed E-state index contributed by atoms with van der Waals surface area (Å²) in [6, 6.07) is 5.99. The third-order valence-corrected chi connectivity index (χ3v) is 5.03. The summed E-state index contributed by atoms with van der Waals surface area (Å²) in [7, 11) is 3.51. The molecule has 3 atom stereocenters. The molecule has 0 bridgehead atoms. The zero-order chi connectivity index (χ0) is 27.7. The minimum Gasteiger partial charge on any atom is -0.475 e. The van der Waals surface area contributed by atoms with E-state index >= 15 is 0 Å². The molecule has 0 unspecified atom stereocenters. The van der Waals surface area contributed by atoms with Crippen molar-refractivity contribution in [2.24, 2.45) is 11.8 Å². The molecule has 2 amide bonds. The molecule has 0 saturated carbocycles. The minimum absolute atomic E-state index is 0.0354. The summed E-state index contributed by atoms with van der Waals surface area (Å²) in [6.45, 7) is 4.28. The van der Waals surface area contributed by atoms with Crippen LogP contribution in [0.25, 0.3) is 0 Å². The van der Waals surface area contributed by atoms with E-state index in [0.29, 0.717) is 24.5 Å². The number of alkyl halides is 6. The Morgan fingerprint density at radius 3 is 2.08 bits per heavy atom. The number of carboxylic acid groups (broad SMARTS) is 2. The molecule has 2 fully saturated rings. The van der Waals surface area contributed by atoms with Gasteiger partial charge in [0.2, 0.25) is 0 Å². The predicted molar refractivity (Wildman–Crippen MR) is 111 cm³/mol. The van der Waals surface area contributed by atoms with E-state index in [0.717, 1.165) is 31.9 Å². The fourth-order valence-electron chi connectivity index (χ4n) is 3.32. The summed E-state index contributed by atoms with van der Waals surface area (Å²) in [5, 5.41) is 17.2. The van der Waals surface area contributed by atoms with E-state index in [2.05, 4.69) is 21.3 Å². The van der Waals surface area contributed by atoms with Gasteiger partial charge in [0.05, 0.1) is 18.4 Å². The van der Waals surface area contributed by atoms with Gasteiger partial charge in [0, 0.05) is 58.3 Å². The minimum atomic E-state index is -5.08. The van der Waals surface area contributed by atoms with Crippen molar-refractivity contribution >= 4 is 18.0 Å². The molecule has 36 heavy (non-hydrogen) atoms. The molecule has 1 aromatic heterocycles. The van der Waals surface area contributed by atoms with Crippen LogP contribution in [0.15, 0.2) is 24.4 Å². The molecule has 1 aromatic rings.